The van der Waals surface area contributed by atoms with Gasteiger partial charge in [0.15, 0.2) is 0 Å². The fraction of sp³-hybridized carbons (Fsp3) is 0.360. The number of rotatable bonds is 8. The first-order valence-electron chi connectivity index (χ1n) is 10.8. The molecule has 6 nitrogen and oxygen atoms in total. The molecule has 1 aliphatic rings. The molecular weight excluding hydrogens is 424 g/mol. The summed E-state index contributed by atoms with van der Waals surface area (Å²) in [5.74, 6) is -0.00544. The third kappa shape index (κ3) is 5.69. The van der Waals surface area contributed by atoms with Gasteiger partial charge >= 0.3 is 0 Å². The predicted molar refractivity (Wildman–Crippen MR) is 131 cm³/mol. The van der Waals surface area contributed by atoms with E-state index in [4.69, 9.17) is 17.3 Å². The van der Waals surface area contributed by atoms with Crippen LogP contribution in [0.15, 0.2) is 48.5 Å². The number of anilines is 1. The summed E-state index contributed by atoms with van der Waals surface area (Å²) in [6.07, 6.45) is 4.55. The van der Waals surface area contributed by atoms with Crippen LogP contribution in [0.25, 0.3) is 5.57 Å². The highest BCUT2D eigenvalue weighted by Gasteiger charge is 2.24. The number of carbonyl (C=O) groups excluding carboxylic acids is 2. The van der Waals surface area contributed by atoms with Crippen molar-refractivity contribution in [2.45, 2.75) is 18.9 Å². The Labute approximate surface area is 195 Å². The molecule has 1 unspecified atom stereocenters. The standard InChI is InChI=1S/C25H31ClN4O2/c1-28(2)12-4-13-29(3)25(32)19-7-5-18(6-8-19)24-15-20(11-14-30(24)17-31)22-16-21(26)9-10-23(22)27/h5-10,15-17,24H,4,11-14,27H2,1-3H3. The molecule has 0 spiro atoms. The highest BCUT2D eigenvalue weighted by molar-refractivity contribution is 6.30. The Kier molecular flexibility index (Phi) is 7.94. The van der Waals surface area contributed by atoms with Gasteiger partial charge in [0.1, 0.15) is 0 Å². The molecule has 2 amide bonds. The molecule has 2 aromatic rings. The maximum absolute atomic E-state index is 12.7. The van der Waals surface area contributed by atoms with E-state index in [1.54, 1.807) is 21.9 Å². The molecular formula is C25H31ClN4O2. The molecule has 1 atom stereocenters. The summed E-state index contributed by atoms with van der Waals surface area (Å²) in [6.45, 7) is 2.22. The number of hydrogen-bond donors (Lipinski definition) is 1. The summed E-state index contributed by atoms with van der Waals surface area (Å²) in [4.78, 5) is 30.1. The summed E-state index contributed by atoms with van der Waals surface area (Å²) in [7, 11) is 5.87. The van der Waals surface area contributed by atoms with Gasteiger partial charge < -0.3 is 20.4 Å². The van der Waals surface area contributed by atoms with Gasteiger partial charge in [0.2, 0.25) is 6.41 Å². The highest BCUT2D eigenvalue weighted by Crippen LogP contribution is 2.35. The van der Waals surface area contributed by atoms with E-state index in [2.05, 4.69) is 11.0 Å². The molecule has 1 heterocycles. The summed E-state index contributed by atoms with van der Waals surface area (Å²) in [5, 5.41) is 0.627. The number of amides is 2. The summed E-state index contributed by atoms with van der Waals surface area (Å²) < 4.78 is 0. The van der Waals surface area contributed by atoms with E-state index in [1.165, 1.54) is 0 Å². The van der Waals surface area contributed by atoms with Gasteiger partial charge in [0, 0.05) is 42.0 Å². The Hall–Kier alpha value is -2.83. The smallest absolute Gasteiger partial charge is 0.253 e. The lowest BCUT2D eigenvalue weighted by Gasteiger charge is -2.32. The van der Waals surface area contributed by atoms with Crippen LogP contribution in [0, 0.1) is 0 Å². The van der Waals surface area contributed by atoms with Gasteiger partial charge in [-0.3, -0.25) is 9.59 Å². The zero-order valence-electron chi connectivity index (χ0n) is 18.9. The second-order valence-electron chi connectivity index (χ2n) is 8.47. The van der Waals surface area contributed by atoms with Crippen LogP contribution in [0.3, 0.4) is 0 Å². The Morgan fingerprint density at radius 3 is 2.53 bits per heavy atom. The minimum Gasteiger partial charge on any atom is -0.398 e. The van der Waals surface area contributed by atoms with Gasteiger partial charge in [-0.2, -0.15) is 0 Å². The number of nitrogens with two attached hydrogens (primary N) is 1. The van der Waals surface area contributed by atoms with Crippen molar-refractivity contribution < 1.29 is 9.59 Å². The molecule has 170 valence electrons. The normalized spacial score (nSPS) is 16.1. The van der Waals surface area contributed by atoms with Gasteiger partial charge in [-0.1, -0.05) is 29.8 Å². The first-order valence-corrected chi connectivity index (χ1v) is 11.1. The molecule has 3 rings (SSSR count). The first kappa shape index (κ1) is 23.8. The van der Waals surface area contributed by atoms with E-state index < -0.39 is 0 Å². The fourth-order valence-electron chi connectivity index (χ4n) is 3.96. The van der Waals surface area contributed by atoms with Crippen LogP contribution in [0.5, 0.6) is 0 Å². The third-order valence-corrected chi connectivity index (χ3v) is 6.03. The summed E-state index contributed by atoms with van der Waals surface area (Å²) >= 11 is 6.18. The van der Waals surface area contributed by atoms with Crippen molar-refractivity contribution in [1.82, 2.24) is 14.7 Å². The minimum absolute atomic E-state index is 0.00544. The van der Waals surface area contributed by atoms with E-state index in [9.17, 15) is 9.59 Å². The van der Waals surface area contributed by atoms with Crippen molar-refractivity contribution in [2.24, 2.45) is 0 Å². The number of nitrogen functional groups attached to an aromatic ring is 1. The lowest BCUT2D eigenvalue weighted by Crippen LogP contribution is -2.31. The van der Waals surface area contributed by atoms with Gasteiger partial charge in [0.25, 0.3) is 5.91 Å². The number of nitrogens with zero attached hydrogens (tertiary/aromatic N) is 3. The van der Waals surface area contributed by atoms with E-state index in [0.717, 1.165) is 36.1 Å². The highest BCUT2D eigenvalue weighted by atomic mass is 35.5. The van der Waals surface area contributed by atoms with E-state index >= 15 is 0 Å². The Balaban J connectivity index is 1.80. The van der Waals surface area contributed by atoms with Gasteiger partial charge in [-0.05, 0) is 75.0 Å². The zero-order chi connectivity index (χ0) is 23.3. The Morgan fingerprint density at radius 1 is 1.16 bits per heavy atom. The van der Waals surface area contributed by atoms with Crippen molar-refractivity contribution >= 4 is 35.2 Å². The number of benzene rings is 2. The summed E-state index contributed by atoms with van der Waals surface area (Å²) in [6, 6.07) is 12.7. The molecule has 1 aliphatic heterocycles. The van der Waals surface area contributed by atoms with Crippen LogP contribution < -0.4 is 5.73 Å². The average molecular weight is 455 g/mol. The Morgan fingerprint density at radius 2 is 1.88 bits per heavy atom. The molecule has 0 aromatic heterocycles. The molecule has 32 heavy (non-hydrogen) atoms. The molecule has 7 heteroatoms. The molecule has 0 aliphatic carbocycles. The summed E-state index contributed by atoms with van der Waals surface area (Å²) in [5.41, 5.74) is 10.4. The lowest BCUT2D eigenvalue weighted by molar-refractivity contribution is -0.119. The quantitative estimate of drug-likeness (QED) is 0.484. The van der Waals surface area contributed by atoms with Crippen molar-refractivity contribution in [2.75, 3.05) is 46.5 Å². The van der Waals surface area contributed by atoms with Crippen LogP contribution in [0.2, 0.25) is 5.02 Å². The molecule has 0 bridgehead atoms. The van der Waals surface area contributed by atoms with E-state index in [-0.39, 0.29) is 11.9 Å². The number of halogens is 1. The number of carbonyl (C=O) groups is 2. The van der Waals surface area contributed by atoms with Crippen LogP contribution in [0.1, 0.15) is 40.4 Å². The van der Waals surface area contributed by atoms with Gasteiger partial charge in [0.05, 0.1) is 6.04 Å². The van der Waals surface area contributed by atoms with Gasteiger partial charge in [-0.25, -0.2) is 0 Å². The van der Waals surface area contributed by atoms with E-state index in [0.29, 0.717) is 35.8 Å². The molecule has 0 fully saturated rings. The maximum Gasteiger partial charge on any atom is 0.253 e. The van der Waals surface area contributed by atoms with E-state index in [1.807, 2.05) is 51.5 Å². The predicted octanol–water partition coefficient (Wildman–Crippen LogP) is 3.93. The van der Waals surface area contributed by atoms with Crippen molar-refractivity contribution in [3.8, 4) is 0 Å². The van der Waals surface area contributed by atoms with Crippen molar-refractivity contribution in [3.63, 3.8) is 0 Å². The third-order valence-electron chi connectivity index (χ3n) is 5.80. The molecule has 0 radical (unpaired) electrons. The number of hydrogen-bond acceptors (Lipinski definition) is 4. The molecule has 2 N–H and O–H groups in total. The first-order chi connectivity index (χ1) is 15.3. The second kappa shape index (κ2) is 10.7. The lowest BCUT2D eigenvalue weighted by atomic mass is 9.91. The Bertz CT molecular complexity index is 988. The van der Waals surface area contributed by atoms with Crippen molar-refractivity contribution in [1.29, 1.82) is 0 Å². The molecule has 2 aromatic carbocycles. The average Bonchev–Trinajstić information content (AvgIpc) is 2.79. The second-order valence-corrected chi connectivity index (χ2v) is 8.90. The minimum atomic E-state index is -0.225. The van der Waals surface area contributed by atoms with Crippen LogP contribution >= 0.6 is 11.6 Å². The zero-order valence-corrected chi connectivity index (χ0v) is 19.7. The molecule has 0 saturated carbocycles. The maximum atomic E-state index is 12.7. The van der Waals surface area contributed by atoms with Crippen molar-refractivity contribution in [3.05, 3.63) is 70.3 Å². The SMILES string of the molecule is CN(C)CCCN(C)C(=O)c1ccc(C2C=C(c3cc(Cl)ccc3N)CCN2C=O)cc1. The van der Waals surface area contributed by atoms with Gasteiger partial charge in [-0.15, -0.1) is 0 Å². The van der Waals surface area contributed by atoms with Crippen LogP contribution in [-0.2, 0) is 4.79 Å². The molecule has 0 saturated heterocycles. The van der Waals surface area contributed by atoms with Crippen LogP contribution in [0.4, 0.5) is 5.69 Å². The fourth-order valence-corrected chi connectivity index (χ4v) is 4.14. The largest absolute Gasteiger partial charge is 0.398 e. The topological polar surface area (TPSA) is 69.9 Å². The monoisotopic (exact) mass is 454 g/mol. The van der Waals surface area contributed by atoms with Crippen LogP contribution in [-0.4, -0.2) is 67.8 Å².